The Morgan fingerprint density at radius 1 is 1.04 bits per heavy atom. The number of nitrogens with one attached hydrogen (secondary N) is 1. The van der Waals surface area contributed by atoms with Gasteiger partial charge in [-0.2, -0.15) is 0 Å². The summed E-state index contributed by atoms with van der Waals surface area (Å²) in [6.45, 7) is 1.62. The third-order valence-corrected chi connectivity index (χ3v) is 3.42. The van der Waals surface area contributed by atoms with E-state index < -0.39 is 23.6 Å². The Morgan fingerprint density at radius 3 is 2.35 bits per heavy atom. The van der Waals surface area contributed by atoms with Gasteiger partial charge in [0, 0.05) is 17.2 Å². The van der Waals surface area contributed by atoms with Crippen LogP contribution in [-0.2, 0) is 0 Å². The van der Waals surface area contributed by atoms with Crippen molar-refractivity contribution in [1.82, 2.24) is 5.32 Å². The number of amides is 1. The maximum Gasteiger partial charge on any atom is 0.251 e. The second-order valence-electron chi connectivity index (χ2n) is 4.93. The minimum Gasteiger partial charge on any atom is -0.493 e. The van der Waals surface area contributed by atoms with Gasteiger partial charge in [-0.15, -0.1) is 0 Å². The lowest BCUT2D eigenvalue weighted by Crippen LogP contribution is -2.27. The lowest BCUT2D eigenvalue weighted by molar-refractivity contribution is 0.0939. The van der Waals surface area contributed by atoms with Crippen molar-refractivity contribution in [2.45, 2.75) is 13.0 Å². The molecular formula is C17H17F2NO3. The molecule has 23 heavy (non-hydrogen) atoms. The van der Waals surface area contributed by atoms with Crippen LogP contribution in [-0.4, -0.2) is 20.1 Å². The summed E-state index contributed by atoms with van der Waals surface area (Å²) in [6, 6.07) is 7.34. The average molecular weight is 321 g/mol. The fourth-order valence-electron chi connectivity index (χ4n) is 2.19. The first kappa shape index (κ1) is 16.7. The smallest absolute Gasteiger partial charge is 0.251 e. The number of carbonyl (C=O) groups is 1. The number of ether oxygens (including phenoxy) is 2. The summed E-state index contributed by atoms with van der Waals surface area (Å²) in [4.78, 5) is 12.3. The van der Waals surface area contributed by atoms with Gasteiger partial charge in [0.25, 0.3) is 5.91 Å². The molecule has 0 radical (unpaired) electrons. The van der Waals surface area contributed by atoms with Crippen molar-refractivity contribution in [3.05, 3.63) is 59.2 Å². The van der Waals surface area contributed by atoms with Crippen molar-refractivity contribution in [2.24, 2.45) is 0 Å². The first-order valence-electron chi connectivity index (χ1n) is 6.94. The zero-order valence-electron chi connectivity index (χ0n) is 13.0. The van der Waals surface area contributed by atoms with Crippen LogP contribution in [0.5, 0.6) is 11.5 Å². The van der Waals surface area contributed by atoms with Crippen LogP contribution in [0.2, 0.25) is 0 Å². The van der Waals surface area contributed by atoms with Crippen LogP contribution in [0.15, 0.2) is 36.4 Å². The molecule has 1 atom stereocenters. The largest absolute Gasteiger partial charge is 0.493 e. The van der Waals surface area contributed by atoms with Crippen LogP contribution >= 0.6 is 0 Å². The highest BCUT2D eigenvalue weighted by Crippen LogP contribution is 2.28. The lowest BCUT2D eigenvalue weighted by Gasteiger charge is -2.16. The van der Waals surface area contributed by atoms with Crippen LogP contribution < -0.4 is 14.8 Å². The quantitative estimate of drug-likeness (QED) is 0.917. The Hall–Kier alpha value is -2.63. The molecule has 2 aromatic rings. The average Bonchev–Trinajstić information content (AvgIpc) is 2.53. The van der Waals surface area contributed by atoms with Crippen molar-refractivity contribution < 1.29 is 23.0 Å². The summed E-state index contributed by atoms with van der Waals surface area (Å²) in [5.74, 6) is -0.848. The van der Waals surface area contributed by atoms with Gasteiger partial charge in [0.1, 0.15) is 11.6 Å². The molecule has 0 aromatic heterocycles. The van der Waals surface area contributed by atoms with Gasteiger partial charge in [-0.1, -0.05) is 6.07 Å². The maximum atomic E-state index is 13.7. The van der Waals surface area contributed by atoms with Crippen molar-refractivity contribution in [2.75, 3.05) is 14.2 Å². The van der Waals surface area contributed by atoms with Gasteiger partial charge in [0.05, 0.1) is 20.3 Å². The van der Waals surface area contributed by atoms with Gasteiger partial charge in [-0.3, -0.25) is 4.79 Å². The van der Waals surface area contributed by atoms with Crippen LogP contribution in [0.25, 0.3) is 0 Å². The molecule has 0 bridgehead atoms. The number of hydrogen-bond acceptors (Lipinski definition) is 3. The molecule has 0 unspecified atom stereocenters. The van der Waals surface area contributed by atoms with E-state index in [9.17, 15) is 13.6 Å². The molecule has 122 valence electrons. The highest BCUT2D eigenvalue weighted by molar-refractivity contribution is 5.95. The molecular weight excluding hydrogens is 304 g/mol. The van der Waals surface area contributed by atoms with E-state index in [1.165, 1.54) is 26.4 Å². The fourth-order valence-corrected chi connectivity index (χ4v) is 2.19. The predicted molar refractivity (Wildman–Crippen MR) is 81.8 cm³/mol. The molecule has 0 saturated heterocycles. The van der Waals surface area contributed by atoms with Gasteiger partial charge >= 0.3 is 0 Å². The van der Waals surface area contributed by atoms with Crippen LogP contribution in [0.1, 0.15) is 28.9 Å². The van der Waals surface area contributed by atoms with Gasteiger partial charge in [0.15, 0.2) is 11.5 Å². The van der Waals surface area contributed by atoms with Crippen molar-refractivity contribution in [1.29, 1.82) is 0 Å². The van der Waals surface area contributed by atoms with E-state index in [4.69, 9.17) is 9.47 Å². The highest BCUT2D eigenvalue weighted by atomic mass is 19.1. The number of hydrogen-bond donors (Lipinski definition) is 1. The van der Waals surface area contributed by atoms with Crippen molar-refractivity contribution in [3.63, 3.8) is 0 Å². The summed E-state index contributed by atoms with van der Waals surface area (Å²) in [6.07, 6.45) is 0. The zero-order valence-corrected chi connectivity index (χ0v) is 13.0. The van der Waals surface area contributed by atoms with Crippen LogP contribution in [0.3, 0.4) is 0 Å². The highest BCUT2D eigenvalue weighted by Gasteiger charge is 2.16. The molecule has 0 saturated carbocycles. The van der Waals surface area contributed by atoms with E-state index >= 15 is 0 Å². The number of rotatable bonds is 5. The fraction of sp³-hybridized carbons (Fsp3) is 0.235. The number of methoxy groups -OCH3 is 2. The van der Waals surface area contributed by atoms with E-state index in [0.29, 0.717) is 17.1 Å². The standard InChI is InChI=1S/C17H17F2NO3/c1-10(13-6-5-12(18)9-14(13)19)20-17(21)11-4-7-15(22-2)16(8-11)23-3/h4-10H,1-3H3,(H,20,21)/t10-/m0/s1. The molecule has 0 spiro atoms. The lowest BCUT2D eigenvalue weighted by atomic mass is 10.1. The molecule has 0 fully saturated rings. The van der Waals surface area contributed by atoms with Crippen LogP contribution in [0.4, 0.5) is 8.78 Å². The third-order valence-electron chi connectivity index (χ3n) is 3.42. The van der Waals surface area contributed by atoms with Crippen LogP contribution in [0, 0.1) is 11.6 Å². The first-order chi connectivity index (χ1) is 11.0. The second kappa shape index (κ2) is 7.09. The molecule has 1 N–H and O–H groups in total. The molecule has 0 aliphatic rings. The molecule has 0 aliphatic carbocycles. The molecule has 1 amide bonds. The third kappa shape index (κ3) is 3.77. The molecule has 2 aromatic carbocycles. The Balaban J connectivity index is 2.18. The van der Waals surface area contributed by atoms with Gasteiger partial charge < -0.3 is 14.8 Å². The first-order valence-corrected chi connectivity index (χ1v) is 6.94. The SMILES string of the molecule is COc1ccc(C(=O)N[C@@H](C)c2ccc(F)cc2F)cc1OC. The normalized spacial score (nSPS) is 11.7. The summed E-state index contributed by atoms with van der Waals surface area (Å²) in [5, 5.41) is 2.66. The molecule has 6 heteroatoms. The van der Waals surface area contributed by atoms with E-state index in [1.54, 1.807) is 19.1 Å². The zero-order chi connectivity index (χ0) is 17.0. The van der Waals surface area contributed by atoms with E-state index in [0.717, 1.165) is 12.1 Å². The summed E-state index contributed by atoms with van der Waals surface area (Å²) < 4.78 is 36.9. The topological polar surface area (TPSA) is 47.6 Å². The second-order valence-corrected chi connectivity index (χ2v) is 4.93. The number of halogens is 2. The van der Waals surface area contributed by atoms with E-state index in [1.807, 2.05) is 0 Å². The van der Waals surface area contributed by atoms with Gasteiger partial charge in [0.2, 0.25) is 0 Å². The van der Waals surface area contributed by atoms with Crippen molar-refractivity contribution >= 4 is 5.91 Å². The van der Waals surface area contributed by atoms with Crippen molar-refractivity contribution in [3.8, 4) is 11.5 Å². The number of carbonyl (C=O) groups excluding carboxylic acids is 1. The Morgan fingerprint density at radius 2 is 1.74 bits per heavy atom. The van der Waals surface area contributed by atoms with Gasteiger partial charge in [-0.05, 0) is 31.2 Å². The van der Waals surface area contributed by atoms with E-state index in [-0.39, 0.29) is 5.56 Å². The Bertz CT molecular complexity index is 719. The van der Waals surface area contributed by atoms with Gasteiger partial charge in [-0.25, -0.2) is 8.78 Å². The monoisotopic (exact) mass is 321 g/mol. The Kier molecular flexibility index (Phi) is 5.16. The molecule has 0 heterocycles. The van der Waals surface area contributed by atoms with E-state index in [2.05, 4.69) is 5.32 Å². The molecule has 0 aliphatic heterocycles. The molecule has 2 rings (SSSR count). The summed E-state index contributed by atoms with van der Waals surface area (Å²) >= 11 is 0. The maximum absolute atomic E-state index is 13.7. The Labute approximate surface area is 133 Å². The molecule has 4 nitrogen and oxygen atoms in total. The summed E-state index contributed by atoms with van der Waals surface area (Å²) in [5.41, 5.74) is 0.553. The minimum absolute atomic E-state index is 0.209. The predicted octanol–water partition coefficient (Wildman–Crippen LogP) is 3.47. The minimum atomic E-state index is -0.704. The number of benzene rings is 2. The summed E-state index contributed by atoms with van der Waals surface area (Å²) in [7, 11) is 2.97.